The molecule has 3 N–H and O–H groups in total. The van der Waals surface area contributed by atoms with Crippen LogP contribution in [-0.2, 0) is 11.3 Å². The number of aliphatic imine (C=N–C) groups is 1. The Morgan fingerprint density at radius 1 is 1.19 bits per heavy atom. The number of carbonyl (C=O) groups excluding carboxylic acids is 1. The largest absolute Gasteiger partial charge is 0.355 e. The van der Waals surface area contributed by atoms with Crippen molar-refractivity contribution in [1.82, 2.24) is 20.9 Å². The van der Waals surface area contributed by atoms with Crippen LogP contribution < -0.4 is 16.0 Å². The number of nitrogens with zero attached hydrogens (tertiary/aromatic N) is 2. The van der Waals surface area contributed by atoms with Crippen molar-refractivity contribution in [2.75, 3.05) is 26.7 Å². The summed E-state index contributed by atoms with van der Waals surface area (Å²) in [6.45, 7) is 5.61. The summed E-state index contributed by atoms with van der Waals surface area (Å²) < 4.78 is 0. The van der Waals surface area contributed by atoms with Gasteiger partial charge in [-0.2, -0.15) is 0 Å². The van der Waals surface area contributed by atoms with Gasteiger partial charge in [0.05, 0.1) is 0 Å². The first-order valence-electron chi connectivity index (χ1n) is 9.68. The van der Waals surface area contributed by atoms with Crippen molar-refractivity contribution in [2.24, 2.45) is 10.9 Å². The average molecular weight is 358 g/mol. The number of hydrogen-bond donors (Lipinski definition) is 3. The predicted octanol–water partition coefficient (Wildman–Crippen LogP) is 1.34. The third-order valence-electron chi connectivity index (χ3n) is 5.16. The second-order valence-corrected chi connectivity index (χ2v) is 7.41. The molecule has 142 valence electrons. The molecule has 0 bridgehead atoms. The van der Waals surface area contributed by atoms with Gasteiger partial charge in [-0.25, -0.2) is 0 Å². The number of amides is 1. The average Bonchev–Trinajstić information content (AvgIpc) is 3.44. The number of carbonyl (C=O) groups is 1. The Morgan fingerprint density at radius 3 is 2.62 bits per heavy atom. The first-order chi connectivity index (χ1) is 12.7. The Balaban J connectivity index is 1.38. The van der Waals surface area contributed by atoms with Crippen LogP contribution in [0.1, 0.15) is 31.7 Å². The van der Waals surface area contributed by atoms with Crippen molar-refractivity contribution in [3.63, 3.8) is 0 Å². The lowest BCUT2D eigenvalue weighted by Gasteiger charge is -2.21. The lowest BCUT2D eigenvalue weighted by Crippen LogP contribution is -2.46. The minimum absolute atomic E-state index is 0.191. The number of likely N-dealkylation sites (tertiary alicyclic amines) is 1. The van der Waals surface area contributed by atoms with Crippen LogP contribution in [0.25, 0.3) is 0 Å². The van der Waals surface area contributed by atoms with Crippen molar-refractivity contribution in [3.05, 3.63) is 35.9 Å². The van der Waals surface area contributed by atoms with Gasteiger partial charge >= 0.3 is 0 Å². The smallest absolute Gasteiger partial charge is 0.223 e. The summed E-state index contributed by atoms with van der Waals surface area (Å²) in [6.07, 6.45) is 3.19. The molecule has 1 aliphatic heterocycles. The van der Waals surface area contributed by atoms with E-state index < -0.39 is 0 Å². The molecule has 26 heavy (non-hydrogen) atoms. The standard InChI is InChI=1S/C20H31N5O/c1-15-12-18(14-25(15)13-16-6-4-3-5-7-16)24-20(21-2)23-11-10-22-19(26)17-8-9-17/h3-7,15,17-18H,8-14H2,1-2H3,(H,22,26)(H2,21,23,24). The fraction of sp³-hybridized carbons (Fsp3) is 0.600. The van der Waals surface area contributed by atoms with Gasteiger partial charge in [0.25, 0.3) is 0 Å². The van der Waals surface area contributed by atoms with E-state index in [1.807, 2.05) is 0 Å². The molecule has 1 aromatic carbocycles. The molecule has 6 heteroatoms. The zero-order chi connectivity index (χ0) is 18.4. The Hall–Kier alpha value is -2.08. The highest BCUT2D eigenvalue weighted by atomic mass is 16.2. The van der Waals surface area contributed by atoms with Crippen LogP contribution in [0.5, 0.6) is 0 Å². The van der Waals surface area contributed by atoms with E-state index in [-0.39, 0.29) is 11.8 Å². The van der Waals surface area contributed by atoms with Gasteiger partial charge in [0.15, 0.2) is 5.96 Å². The van der Waals surface area contributed by atoms with Crippen molar-refractivity contribution in [2.45, 2.75) is 44.8 Å². The molecule has 2 fully saturated rings. The number of guanidine groups is 1. The molecule has 0 radical (unpaired) electrons. The second-order valence-electron chi connectivity index (χ2n) is 7.41. The summed E-state index contributed by atoms with van der Waals surface area (Å²) in [5.41, 5.74) is 1.36. The minimum Gasteiger partial charge on any atom is -0.355 e. The maximum Gasteiger partial charge on any atom is 0.223 e. The summed E-state index contributed by atoms with van der Waals surface area (Å²) >= 11 is 0. The maximum atomic E-state index is 11.6. The van der Waals surface area contributed by atoms with Crippen LogP contribution in [0, 0.1) is 5.92 Å². The molecule has 6 nitrogen and oxygen atoms in total. The lowest BCUT2D eigenvalue weighted by atomic mass is 10.2. The third-order valence-corrected chi connectivity index (χ3v) is 5.16. The van der Waals surface area contributed by atoms with Gasteiger partial charge < -0.3 is 16.0 Å². The van der Waals surface area contributed by atoms with E-state index in [4.69, 9.17) is 0 Å². The molecule has 1 heterocycles. The molecular formula is C20H31N5O. The summed E-state index contributed by atoms with van der Waals surface area (Å²) in [5.74, 6) is 1.27. The van der Waals surface area contributed by atoms with Crippen molar-refractivity contribution in [1.29, 1.82) is 0 Å². The molecule has 1 aromatic rings. The Bertz CT molecular complexity index is 614. The molecule has 2 aliphatic rings. The molecule has 0 spiro atoms. The summed E-state index contributed by atoms with van der Waals surface area (Å²) in [5, 5.41) is 9.78. The fourth-order valence-electron chi connectivity index (χ4n) is 3.49. The summed E-state index contributed by atoms with van der Waals surface area (Å²) in [4.78, 5) is 18.5. The number of nitrogens with one attached hydrogen (secondary N) is 3. The summed E-state index contributed by atoms with van der Waals surface area (Å²) in [7, 11) is 1.79. The zero-order valence-electron chi connectivity index (χ0n) is 15.9. The van der Waals surface area contributed by atoms with E-state index in [2.05, 4.69) is 63.1 Å². The van der Waals surface area contributed by atoms with Gasteiger partial charge in [0, 0.05) is 51.2 Å². The minimum atomic E-state index is 0.191. The Morgan fingerprint density at radius 2 is 1.92 bits per heavy atom. The first kappa shape index (κ1) is 18.7. The molecule has 0 aromatic heterocycles. The normalized spacial score (nSPS) is 23.7. The van der Waals surface area contributed by atoms with Gasteiger partial charge in [-0.05, 0) is 31.7 Å². The topological polar surface area (TPSA) is 68.8 Å². The van der Waals surface area contributed by atoms with Gasteiger partial charge in [-0.15, -0.1) is 0 Å². The molecule has 3 rings (SSSR count). The van der Waals surface area contributed by atoms with Crippen molar-refractivity contribution < 1.29 is 4.79 Å². The van der Waals surface area contributed by atoms with Crippen molar-refractivity contribution in [3.8, 4) is 0 Å². The van der Waals surface area contributed by atoms with Crippen molar-refractivity contribution >= 4 is 11.9 Å². The van der Waals surface area contributed by atoms with E-state index in [0.29, 0.717) is 25.2 Å². The number of rotatable bonds is 7. The fourth-order valence-corrected chi connectivity index (χ4v) is 3.49. The number of hydrogen-bond acceptors (Lipinski definition) is 3. The highest BCUT2D eigenvalue weighted by molar-refractivity contribution is 5.81. The molecule has 1 saturated carbocycles. The van der Waals surface area contributed by atoms with Crippen LogP contribution in [0.4, 0.5) is 0 Å². The summed E-state index contributed by atoms with van der Waals surface area (Å²) in [6, 6.07) is 11.6. The van der Waals surface area contributed by atoms with E-state index in [0.717, 1.165) is 38.3 Å². The molecule has 1 amide bonds. The second kappa shape index (κ2) is 9.03. The van der Waals surface area contributed by atoms with Gasteiger partial charge in [0.1, 0.15) is 0 Å². The monoisotopic (exact) mass is 357 g/mol. The molecule has 1 aliphatic carbocycles. The van der Waals surface area contributed by atoms with E-state index in [1.54, 1.807) is 7.05 Å². The van der Waals surface area contributed by atoms with Crippen LogP contribution in [0.15, 0.2) is 35.3 Å². The van der Waals surface area contributed by atoms with Crippen LogP contribution in [0.2, 0.25) is 0 Å². The Kier molecular flexibility index (Phi) is 6.50. The van der Waals surface area contributed by atoms with Gasteiger partial charge in [-0.1, -0.05) is 30.3 Å². The highest BCUT2D eigenvalue weighted by Gasteiger charge is 2.30. The SMILES string of the molecule is CN=C(NCCNC(=O)C1CC1)NC1CC(C)N(Cc2ccccc2)C1. The molecule has 2 atom stereocenters. The van der Waals surface area contributed by atoms with Gasteiger partial charge in [-0.3, -0.25) is 14.7 Å². The Labute approximate surface area is 156 Å². The van der Waals surface area contributed by atoms with Crippen LogP contribution >= 0.6 is 0 Å². The van der Waals surface area contributed by atoms with Crippen LogP contribution in [0.3, 0.4) is 0 Å². The first-order valence-corrected chi connectivity index (χ1v) is 9.68. The van der Waals surface area contributed by atoms with E-state index >= 15 is 0 Å². The van der Waals surface area contributed by atoms with Gasteiger partial charge in [0.2, 0.25) is 5.91 Å². The molecular weight excluding hydrogens is 326 g/mol. The van der Waals surface area contributed by atoms with Crippen LogP contribution in [-0.4, -0.2) is 55.5 Å². The van der Waals surface area contributed by atoms with E-state index in [9.17, 15) is 4.79 Å². The van der Waals surface area contributed by atoms with E-state index in [1.165, 1.54) is 5.56 Å². The third kappa shape index (κ3) is 5.46. The quantitative estimate of drug-likeness (QED) is 0.391. The number of benzene rings is 1. The highest BCUT2D eigenvalue weighted by Crippen LogP contribution is 2.28. The lowest BCUT2D eigenvalue weighted by molar-refractivity contribution is -0.122. The maximum absolute atomic E-state index is 11.6. The zero-order valence-corrected chi connectivity index (χ0v) is 15.9. The molecule has 1 saturated heterocycles. The molecule has 2 unspecified atom stereocenters. The predicted molar refractivity (Wildman–Crippen MR) is 105 cm³/mol.